The van der Waals surface area contributed by atoms with Crippen LogP contribution in [-0.4, -0.2) is 19.5 Å². The highest BCUT2D eigenvalue weighted by Crippen LogP contribution is 2.35. The van der Waals surface area contributed by atoms with Gasteiger partial charge in [0.15, 0.2) is 0 Å². The molecule has 0 N–H and O–H groups in total. The first-order valence-corrected chi connectivity index (χ1v) is 5.07. The van der Waals surface area contributed by atoms with Gasteiger partial charge in [0, 0.05) is 31.6 Å². The number of hydrogen-bond donors (Lipinski definition) is 0. The molecule has 0 aromatic heterocycles. The van der Waals surface area contributed by atoms with Crippen LogP contribution < -0.4 is 0 Å². The third kappa shape index (κ3) is 2.07. The summed E-state index contributed by atoms with van der Waals surface area (Å²) in [6.45, 7) is 0.928. The number of hydrogen-bond acceptors (Lipinski definition) is 2. The zero-order valence-corrected chi connectivity index (χ0v) is 8.41. The molecule has 3 heteroatoms. The van der Waals surface area contributed by atoms with Gasteiger partial charge in [0.2, 0.25) is 0 Å². The minimum Gasteiger partial charge on any atom is -0.381 e. The smallest absolute Gasteiger partial charge is 0.150 e. The molecule has 0 atom stereocenters. The molecule has 0 amide bonds. The molecule has 80 valence electrons. The van der Waals surface area contributed by atoms with Gasteiger partial charge in [0.05, 0.1) is 0 Å². The van der Waals surface area contributed by atoms with Crippen LogP contribution in [0.4, 0.5) is 4.39 Å². The van der Waals surface area contributed by atoms with Crippen LogP contribution in [0.1, 0.15) is 28.8 Å². The lowest BCUT2D eigenvalue weighted by atomic mass is 9.88. The molecular weight excluding hydrogens is 195 g/mol. The number of benzene rings is 1. The van der Waals surface area contributed by atoms with Gasteiger partial charge in [-0.1, -0.05) is 24.3 Å². The first-order chi connectivity index (χ1) is 7.24. The van der Waals surface area contributed by atoms with Gasteiger partial charge in [-0.25, -0.2) is 4.39 Å². The molecular formula is C12H13FO2. The fourth-order valence-corrected chi connectivity index (χ4v) is 1.84. The molecule has 2 nitrogen and oxygen atoms in total. The van der Waals surface area contributed by atoms with Crippen LogP contribution in [0.5, 0.6) is 0 Å². The summed E-state index contributed by atoms with van der Waals surface area (Å²) in [6, 6.07) is 6.68. The maximum absolute atomic E-state index is 14.4. The summed E-state index contributed by atoms with van der Waals surface area (Å²) < 4.78 is 19.5. The minimum absolute atomic E-state index is 0.396. The molecule has 0 aliphatic carbocycles. The highest BCUT2D eigenvalue weighted by molar-refractivity contribution is 5.74. The predicted octanol–water partition coefficient (Wildman–Crippen LogP) is 2.47. The topological polar surface area (TPSA) is 26.3 Å². The first-order valence-electron chi connectivity index (χ1n) is 5.07. The van der Waals surface area contributed by atoms with Crippen molar-refractivity contribution in [3.05, 3.63) is 35.4 Å². The van der Waals surface area contributed by atoms with Crippen LogP contribution in [0.2, 0.25) is 0 Å². The highest BCUT2D eigenvalue weighted by Gasteiger charge is 2.33. The van der Waals surface area contributed by atoms with Crippen molar-refractivity contribution in [2.45, 2.75) is 18.5 Å². The Bertz CT molecular complexity index is 339. The summed E-state index contributed by atoms with van der Waals surface area (Å²) in [5.74, 6) is 0. The normalized spacial score (nSPS) is 19.8. The second-order valence-corrected chi connectivity index (χ2v) is 3.82. The monoisotopic (exact) mass is 208 g/mol. The minimum atomic E-state index is -1.28. The number of carbonyl (C=O) groups excluding carboxylic acids is 1. The van der Waals surface area contributed by atoms with E-state index in [4.69, 9.17) is 4.74 Å². The van der Waals surface area contributed by atoms with E-state index in [2.05, 4.69) is 0 Å². The fraction of sp³-hybridized carbons (Fsp3) is 0.417. The van der Waals surface area contributed by atoms with Gasteiger partial charge >= 0.3 is 0 Å². The maximum Gasteiger partial charge on any atom is 0.150 e. The van der Waals surface area contributed by atoms with E-state index in [1.807, 2.05) is 0 Å². The van der Waals surface area contributed by atoms with Gasteiger partial charge in [-0.05, 0) is 5.56 Å². The average Bonchev–Trinajstić information content (AvgIpc) is 2.30. The van der Waals surface area contributed by atoms with Crippen LogP contribution in [0.3, 0.4) is 0 Å². The van der Waals surface area contributed by atoms with Gasteiger partial charge in [-0.2, -0.15) is 0 Å². The summed E-state index contributed by atoms with van der Waals surface area (Å²) in [7, 11) is 0. The van der Waals surface area contributed by atoms with Gasteiger partial charge in [0.25, 0.3) is 0 Å². The fourth-order valence-electron chi connectivity index (χ4n) is 1.84. The van der Waals surface area contributed by atoms with Crippen molar-refractivity contribution < 1.29 is 13.9 Å². The lowest BCUT2D eigenvalue weighted by molar-refractivity contribution is -0.0115. The van der Waals surface area contributed by atoms with Crippen molar-refractivity contribution in [1.82, 2.24) is 0 Å². The summed E-state index contributed by atoms with van der Waals surface area (Å²) >= 11 is 0. The van der Waals surface area contributed by atoms with Crippen molar-refractivity contribution in [2.24, 2.45) is 0 Å². The van der Waals surface area contributed by atoms with Crippen molar-refractivity contribution in [3.63, 3.8) is 0 Å². The second kappa shape index (κ2) is 4.11. The molecule has 0 bridgehead atoms. The maximum atomic E-state index is 14.4. The Kier molecular flexibility index (Phi) is 2.82. The third-order valence-electron chi connectivity index (χ3n) is 2.85. The van der Waals surface area contributed by atoms with Crippen molar-refractivity contribution >= 4 is 6.29 Å². The SMILES string of the molecule is O=Cc1ccc(C2(F)CCOCC2)cc1. The average molecular weight is 208 g/mol. The van der Waals surface area contributed by atoms with E-state index < -0.39 is 5.67 Å². The lowest BCUT2D eigenvalue weighted by Crippen LogP contribution is -2.29. The summed E-state index contributed by atoms with van der Waals surface area (Å²) in [4.78, 5) is 10.5. The number of aldehydes is 1. The van der Waals surface area contributed by atoms with Gasteiger partial charge < -0.3 is 4.74 Å². The molecule has 0 spiro atoms. The van der Waals surface area contributed by atoms with E-state index in [9.17, 15) is 9.18 Å². The number of rotatable bonds is 2. The number of alkyl halides is 1. The van der Waals surface area contributed by atoms with Crippen LogP contribution in [-0.2, 0) is 10.4 Å². The van der Waals surface area contributed by atoms with E-state index >= 15 is 0 Å². The first kappa shape index (κ1) is 10.3. The molecule has 15 heavy (non-hydrogen) atoms. The molecule has 0 unspecified atom stereocenters. The van der Waals surface area contributed by atoms with Gasteiger partial charge in [-0.15, -0.1) is 0 Å². The third-order valence-corrected chi connectivity index (χ3v) is 2.85. The zero-order chi connectivity index (χ0) is 10.7. The van der Waals surface area contributed by atoms with Crippen molar-refractivity contribution in [2.75, 3.05) is 13.2 Å². The van der Waals surface area contributed by atoms with E-state index in [1.54, 1.807) is 24.3 Å². The molecule has 1 aromatic rings. The molecule has 1 saturated heterocycles. The zero-order valence-electron chi connectivity index (χ0n) is 8.41. The largest absolute Gasteiger partial charge is 0.381 e. The molecule has 1 fully saturated rings. The van der Waals surface area contributed by atoms with E-state index in [0.717, 1.165) is 6.29 Å². The Balaban J connectivity index is 2.23. The highest BCUT2D eigenvalue weighted by atomic mass is 19.1. The van der Waals surface area contributed by atoms with E-state index in [-0.39, 0.29) is 0 Å². The van der Waals surface area contributed by atoms with Crippen molar-refractivity contribution in [3.8, 4) is 0 Å². The Morgan fingerprint density at radius 1 is 1.20 bits per heavy atom. The predicted molar refractivity (Wildman–Crippen MR) is 54.7 cm³/mol. The Hall–Kier alpha value is -1.22. The van der Waals surface area contributed by atoms with Gasteiger partial charge in [-0.3, -0.25) is 4.79 Å². The Labute approximate surface area is 88.1 Å². The van der Waals surface area contributed by atoms with E-state index in [0.29, 0.717) is 37.2 Å². The van der Waals surface area contributed by atoms with Crippen LogP contribution in [0.15, 0.2) is 24.3 Å². The van der Waals surface area contributed by atoms with Crippen LogP contribution in [0.25, 0.3) is 0 Å². The van der Waals surface area contributed by atoms with Crippen molar-refractivity contribution in [1.29, 1.82) is 0 Å². The van der Waals surface area contributed by atoms with Gasteiger partial charge in [0.1, 0.15) is 12.0 Å². The Morgan fingerprint density at radius 2 is 1.80 bits per heavy atom. The van der Waals surface area contributed by atoms with E-state index in [1.165, 1.54) is 0 Å². The summed E-state index contributed by atoms with van der Waals surface area (Å²) in [5, 5.41) is 0. The summed E-state index contributed by atoms with van der Waals surface area (Å²) in [6.07, 6.45) is 1.56. The molecule has 1 aliphatic rings. The van der Waals surface area contributed by atoms with Crippen LogP contribution >= 0.6 is 0 Å². The van der Waals surface area contributed by atoms with Crippen LogP contribution in [0, 0.1) is 0 Å². The molecule has 1 heterocycles. The summed E-state index contributed by atoms with van der Waals surface area (Å²) in [5.41, 5.74) is -0.0505. The number of halogens is 1. The standard InChI is InChI=1S/C12H13FO2/c13-12(5-7-15-8-6-12)11-3-1-10(9-14)2-4-11/h1-4,9H,5-8H2. The number of carbonyl (C=O) groups is 1. The lowest BCUT2D eigenvalue weighted by Gasteiger charge is -2.29. The second-order valence-electron chi connectivity index (χ2n) is 3.82. The quantitative estimate of drug-likeness (QED) is 0.698. The molecule has 1 aromatic carbocycles. The molecule has 0 radical (unpaired) electrons. The molecule has 1 aliphatic heterocycles. The number of ether oxygens (including phenoxy) is 1. The molecule has 2 rings (SSSR count). The molecule has 0 saturated carbocycles. The Morgan fingerprint density at radius 3 is 2.33 bits per heavy atom.